The summed E-state index contributed by atoms with van der Waals surface area (Å²) < 4.78 is 26.6. The van der Waals surface area contributed by atoms with Crippen molar-refractivity contribution in [1.29, 1.82) is 0 Å². The van der Waals surface area contributed by atoms with Crippen LogP contribution < -0.4 is 10.6 Å². The molecular formula is C20H25N3O4S. The van der Waals surface area contributed by atoms with E-state index < -0.39 is 10.0 Å². The molecule has 2 rings (SSSR count). The van der Waals surface area contributed by atoms with Crippen molar-refractivity contribution in [3.63, 3.8) is 0 Å². The van der Waals surface area contributed by atoms with Crippen LogP contribution in [0.15, 0.2) is 53.4 Å². The van der Waals surface area contributed by atoms with Crippen LogP contribution in [0.1, 0.15) is 40.1 Å². The van der Waals surface area contributed by atoms with E-state index in [0.29, 0.717) is 18.7 Å². The first kappa shape index (κ1) is 21.6. The van der Waals surface area contributed by atoms with E-state index >= 15 is 0 Å². The minimum absolute atomic E-state index is 0.0961. The van der Waals surface area contributed by atoms with Crippen LogP contribution in [0, 0.1) is 0 Å². The lowest BCUT2D eigenvalue weighted by Gasteiger charge is -2.18. The zero-order valence-corrected chi connectivity index (χ0v) is 17.0. The van der Waals surface area contributed by atoms with Gasteiger partial charge in [-0.25, -0.2) is 8.42 Å². The largest absolute Gasteiger partial charge is 0.355 e. The van der Waals surface area contributed by atoms with Gasteiger partial charge in [0, 0.05) is 37.8 Å². The van der Waals surface area contributed by atoms with Gasteiger partial charge in [-0.2, -0.15) is 4.31 Å². The topological polar surface area (TPSA) is 95.6 Å². The summed E-state index contributed by atoms with van der Waals surface area (Å²) >= 11 is 0. The van der Waals surface area contributed by atoms with Crippen molar-refractivity contribution in [2.45, 2.75) is 25.3 Å². The fraction of sp³-hybridized carbons (Fsp3) is 0.300. The van der Waals surface area contributed by atoms with Gasteiger partial charge in [-0.3, -0.25) is 9.59 Å². The predicted octanol–water partition coefficient (Wildman–Crippen LogP) is 2.01. The Balaban J connectivity index is 2.10. The number of sulfonamides is 1. The van der Waals surface area contributed by atoms with Crippen molar-refractivity contribution in [3.05, 3.63) is 65.2 Å². The molecule has 7 nitrogen and oxygen atoms in total. The van der Waals surface area contributed by atoms with Crippen molar-refractivity contribution in [1.82, 2.24) is 14.9 Å². The first-order valence-electron chi connectivity index (χ1n) is 9.02. The average Bonchev–Trinajstić information content (AvgIpc) is 2.72. The second-order valence-electron chi connectivity index (χ2n) is 6.08. The van der Waals surface area contributed by atoms with Gasteiger partial charge in [0.2, 0.25) is 10.0 Å². The van der Waals surface area contributed by atoms with E-state index in [1.54, 1.807) is 57.3 Å². The van der Waals surface area contributed by atoms with Crippen LogP contribution in [0.25, 0.3) is 0 Å². The van der Waals surface area contributed by atoms with E-state index in [2.05, 4.69) is 10.6 Å². The Morgan fingerprint density at radius 3 is 2.14 bits per heavy atom. The maximum absolute atomic E-state index is 12.6. The molecule has 0 aliphatic carbocycles. The predicted molar refractivity (Wildman–Crippen MR) is 108 cm³/mol. The monoisotopic (exact) mass is 403 g/mol. The van der Waals surface area contributed by atoms with Crippen molar-refractivity contribution >= 4 is 21.8 Å². The highest BCUT2D eigenvalue weighted by Gasteiger charge is 2.22. The molecule has 0 aliphatic rings. The van der Waals surface area contributed by atoms with Gasteiger partial charge in [-0.05, 0) is 35.9 Å². The number of rotatable bonds is 8. The maximum Gasteiger partial charge on any atom is 0.251 e. The number of amides is 2. The fourth-order valence-electron chi connectivity index (χ4n) is 2.71. The standard InChI is InChI=1S/C20H25N3O4S/c1-4-23(5-2)28(26,27)18-8-6-7-17(13-18)20(25)22-14-15-9-11-16(12-10-15)19(24)21-3/h6-13H,4-5,14H2,1-3H3,(H,21,24)(H,22,25). The lowest BCUT2D eigenvalue weighted by Crippen LogP contribution is -2.31. The summed E-state index contributed by atoms with van der Waals surface area (Å²) in [6.07, 6.45) is 0. The van der Waals surface area contributed by atoms with Crippen LogP contribution in [0.5, 0.6) is 0 Å². The minimum atomic E-state index is -3.62. The van der Waals surface area contributed by atoms with Crippen molar-refractivity contribution < 1.29 is 18.0 Å². The summed E-state index contributed by atoms with van der Waals surface area (Å²) in [6, 6.07) is 12.9. The molecule has 0 bridgehead atoms. The van der Waals surface area contributed by atoms with Gasteiger partial charge >= 0.3 is 0 Å². The van der Waals surface area contributed by atoms with Crippen LogP contribution in [-0.2, 0) is 16.6 Å². The second kappa shape index (κ2) is 9.48. The molecule has 0 heterocycles. The minimum Gasteiger partial charge on any atom is -0.355 e. The van der Waals surface area contributed by atoms with Crippen LogP contribution in [0.3, 0.4) is 0 Å². The molecule has 2 aromatic carbocycles. The molecule has 150 valence electrons. The lowest BCUT2D eigenvalue weighted by atomic mass is 10.1. The van der Waals surface area contributed by atoms with Gasteiger partial charge in [-0.1, -0.05) is 32.0 Å². The smallest absolute Gasteiger partial charge is 0.251 e. The molecule has 28 heavy (non-hydrogen) atoms. The van der Waals surface area contributed by atoms with Gasteiger partial charge in [0.1, 0.15) is 0 Å². The Morgan fingerprint density at radius 2 is 1.57 bits per heavy atom. The Hall–Kier alpha value is -2.71. The van der Waals surface area contributed by atoms with Gasteiger partial charge in [0.15, 0.2) is 0 Å². The summed E-state index contributed by atoms with van der Waals surface area (Å²) in [4.78, 5) is 24.1. The number of hydrogen-bond acceptors (Lipinski definition) is 4. The first-order valence-corrected chi connectivity index (χ1v) is 10.5. The van der Waals surface area contributed by atoms with Crippen LogP contribution in [-0.4, -0.2) is 44.7 Å². The molecule has 8 heteroatoms. The number of nitrogens with one attached hydrogen (secondary N) is 2. The summed E-state index contributed by atoms with van der Waals surface area (Å²) in [6.45, 7) is 4.53. The van der Waals surface area contributed by atoms with Crippen LogP contribution >= 0.6 is 0 Å². The van der Waals surface area contributed by atoms with E-state index in [0.717, 1.165) is 5.56 Å². The van der Waals surface area contributed by atoms with E-state index in [9.17, 15) is 18.0 Å². The number of carbonyl (C=O) groups is 2. The lowest BCUT2D eigenvalue weighted by molar-refractivity contribution is 0.0946. The quantitative estimate of drug-likeness (QED) is 0.705. The molecule has 0 fully saturated rings. The molecule has 0 saturated carbocycles. The summed E-state index contributed by atoms with van der Waals surface area (Å²) in [5.74, 6) is -0.547. The SMILES string of the molecule is CCN(CC)S(=O)(=O)c1cccc(C(=O)NCc2ccc(C(=O)NC)cc2)c1. The number of hydrogen-bond donors (Lipinski definition) is 2. The molecule has 0 spiro atoms. The van der Waals surface area contributed by atoms with Crippen molar-refractivity contribution in [2.75, 3.05) is 20.1 Å². The first-order chi connectivity index (χ1) is 13.3. The Bertz CT molecular complexity index is 936. The highest BCUT2D eigenvalue weighted by Crippen LogP contribution is 2.17. The molecule has 0 aliphatic heterocycles. The Labute approximate surface area is 165 Å². The number of benzene rings is 2. The van der Waals surface area contributed by atoms with E-state index in [1.165, 1.54) is 16.4 Å². The van der Waals surface area contributed by atoms with Gasteiger partial charge in [0.05, 0.1) is 4.90 Å². The normalized spacial score (nSPS) is 11.3. The number of nitrogens with zero attached hydrogens (tertiary/aromatic N) is 1. The van der Waals surface area contributed by atoms with Crippen molar-refractivity contribution in [2.24, 2.45) is 0 Å². The molecule has 0 radical (unpaired) electrons. The molecule has 0 saturated heterocycles. The Kier molecular flexibility index (Phi) is 7.31. The zero-order chi connectivity index (χ0) is 20.7. The van der Waals surface area contributed by atoms with Crippen LogP contribution in [0.2, 0.25) is 0 Å². The third-order valence-electron chi connectivity index (χ3n) is 4.34. The van der Waals surface area contributed by atoms with E-state index in [-0.39, 0.29) is 28.8 Å². The third-order valence-corrected chi connectivity index (χ3v) is 6.38. The molecular weight excluding hydrogens is 378 g/mol. The molecule has 0 atom stereocenters. The molecule has 2 N–H and O–H groups in total. The molecule has 0 aromatic heterocycles. The summed E-state index contributed by atoms with van der Waals surface area (Å²) in [5, 5.41) is 5.31. The number of carbonyl (C=O) groups excluding carboxylic acids is 2. The van der Waals surface area contributed by atoms with Crippen molar-refractivity contribution in [3.8, 4) is 0 Å². The average molecular weight is 404 g/mol. The molecule has 2 aromatic rings. The summed E-state index contributed by atoms with van der Waals surface area (Å²) in [5.41, 5.74) is 1.63. The zero-order valence-electron chi connectivity index (χ0n) is 16.2. The van der Waals surface area contributed by atoms with Crippen LogP contribution in [0.4, 0.5) is 0 Å². The molecule has 0 unspecified atom stereocenters. The van der Waals surface area contributed by atoms with Gasteiger partial charge in [0.25, 0.3) is 11.8 Å². The molecule has 2 amide bonds. The van der Waals surface area contributed by atoms with E-state index in [4.69, 9.17) is 0 Å². The van der Waals surface area contributed by atoms with Gasteiger partial charge in [-0.15, -0.1) is 0 Å². The highest BCUT2D eigenvalue weighted by atomic mass is 32.2. The summed E-state index contributed by atoms with van der Waals surface area (Å²) in [7, 11) is -2.06. The Morgan fingerprint density at radius 1 is 0.929 bits per heavy atom. The second-order valence-corrected chi connectivity index (χ2v) is 8.01. The maximum atomic E-state index is 12.6. The van der Waals surface area contributed by atoms with E-state index in [1.807, 2.05) is 0 Å². The third kappa shape index (κ3) is 4.96. The highest BCUT2D eigenvalue weighted by molar-refractivity contribution is 7.89. The van der Waals surface area contributed by atoms with Gasteiger partial charge < -0.3 is 10.6 Å². The fourth-order valence-corrected chi connectivity index (χ4v) is 4.22.